The van der Waals surface area contributed by atoms with Crippen molar-refractivity contribution < 1.29 is 112 Å². The molecule has 0 aromatic heterocycles. The van der Waals surface area contributed by atoms with Gasteiger partial charge in [0.2, 0.25) is 0 Å². The largest absolute Gasteiger partial charge is 1.00 e. The summed E-state index contributed by atoms with van der Waals surface area (Å²) < 4.78 is 29.6. The number of aliphatic hydroxyl groups is 2. The zero-order valence-electron chi connectivity index (χ0n) is 41.4. The van der Waals surface area contributed by atoms with Gasteiger partial charge in [-0.3, -0.25) is 38.4 Å². The summed E-state index contributed by atoms with van der Waals surface area (Å²) in [6.07, 6.45) is 14.5. The molecule has 0 aromatic rings. The number of rotatable bonds is 8. The van der Waals surface area contributed by atoms with Crippen LogP contribution in [0.4, 0.5) is 0 Å². The molecule has 0 spiro atoms. The average molecular weight is 1000 g/mol. The summed E-state index contributed by atoms with van der Waals surface area (Å²) >= 11 is 0. The zero-order valence-corrected chi connectivity index (χ0v) is 43.4. The summed E-state index contributed by atoms with van der Waals surface area (Å²) in [5.41, 5.74) is 0. The number of hydrogen-bond donors (Lipinski definition) is 2. The molecule has 70 heavy (non-hydrogen) atoms. The number of cyclic esters (lactones) is 4. The van der Waals surface area contributed by atoms with Crippen LogP contribution < -0.4 is 34.7 Å². The Morgan fingerprint density at radius 3 is 0.929 bits per heavy atom. The number of ether oxygens (including phenoxy) is 6. The summed E-state index contributed by atoms with van der Waals surface area (Å²) in [6.45, 7) is 14.1. The van der Waals surface area contributed by atoms with E-state index in [2.05, 4.69) is 9.47 Å². The first-order valence-electron chi connectivity index (χ1n) is 24.8. The monoisotopic (exact) mass is 1000 g/mol. The fourth-order valence-electron chi connectivity index (χ4n) is 12.8. The van der Waals surface area contributed by atoms with E-state index in [1.165, 1.54) is 0 Å². The first-order chi connectivity index (χ1) is 32.2. The van der Waals surface area contributed by atoms with Crippen molar-refractivity contribution in [2.24, 2.45) is 94.7 Å². The third-order valence-electron chi connectivity index (χ3n) is 14.9. The Morgan fingerprint density at radius 2 is 0.686 bits per heavy atom. The van der Waals surface area contributed by atoms with Crippen molar-refractivity contribution in [3.63, 3.8) is 0 Å². The minimum Gasteiger partial charge on any atom is -0.855 e. The minimum atomic E-state index is -0.304. The maximum Gasteiger partial charge on any atom is 1.00 e. The number of aliphatic hydroxyl groups excluding tert-OH is 2. The molecule has 7 saturated carbocycles. The Kier molecular flexibility index (Phi) is 29.1. The van der Waals surface area contributed by atoms with E-state index < -0.39 is 0 Å². The van der Waals surface area contributed by atoms with Crippen LogP contribution >= 0.6 is 0 Å². The number of hydrogen-bond acceptors (Lipinski definition) is 17. The van der Waals surface area contributed by atoms with E-state index in [-0.39, 0.29) is 171 Å². The molecule has 2 N–H and O–H groups in total. The molecule has 17 nitrogen and oxygen atoms in total. The van der Waals surface area contributed by atoms with Gasteiger partial charge in [0.25, 0.3) is 0 Å². The van der Waals surface area contributed by atoms with Crippen LogP contribution in [0.25, 0.3) is 0 Å². The Morgan fingerprint density at radius 1 is 0.471 bits per heavy atom. The Bertz CT molecular complexity index is 1570. The normalized spacial score (nSPS) is 34.4. The molecule has 2 heterocycles. The van der Waals surface area contributed by atoms with E-state index in [0.717, 1.165) is 64.2 Å². The summed E-state index contributed by atoms with van der Waals surface area (Å²) in [6, 6.07) is 0. The second kappa shape index (κ2) is 31.4. The quantitative estimate of drug-likeness (QED) is 0.116. The number of carbonyl (C=O) groups excluding carboxylic acids is 8. The van der Waals surface area contributed by atoms with E-state index in [9.17, 15) is 38.4 Å². The maximum atomic E-state index is 11.9. The van der Waals surface area contributed by atoms with Gasteiger partial charge in [0.05, 0.1) is 73.8 Å². The average Bonchev–Trinajstić information content (AvgIpc) is 4.16. The molecule has 8 aliphatic carbocycles. The fraction of sp³-hybridized carbons (Fsp3) is 0.808. The molecular formula is C52H83NaO17. The molecule has 8 unspecified atom stereocenters. The molecule has 2 saturated heterocycles. The van der Waals surface area contributed by atoms with Gasteiger partial charge in [-0.05, 0) is 153 Å². The molecule has 2 aliphatic heterocycles. The molecule has 18 heteroatoms. The fourth-order valence-corrected chi connectivity index (χ4v) is 12.8. The van der Waals surface area contributed by atoms with Gasteiger partial charge >= 0.3 is 77.3 Å². The SMILES string of the molecule is C.C.CCO.CCO.CCOC(=O)[C@@H]1C2CCC(C2)[C@@H]1C(=O)OCC.CCOC(=O)[C@@H]1C2CCC(C2)[C@H]1C(=O)OCC.CC[O-].O=C1OC(=O)[C@H]2C3C=CC(C3)[C@@H]12.O=C1OC(=O)[C@H]2C3CCC(C3)[C@@H]12.[Na+]. The van der Waals surface area contributed by atoms with Gasteiger partial charge in [-0.15, -0.1) is 6.61 Å². The van der Waals surface area contributed by atoms with E-state index in [0.29, 0.717) is 61.9 Å². The van der Waals surface area contributed by atoms with Gasteiger partial charge in [0.1, 0.15) is 0 Å². The van der Waals surface area contributed by atoms with Gasteiger partial charge in [0, 0.05) is 13.2 Å². The zero-order chi connectivity index (χ0) is 49.5. The van der Waals surface area contributed by atoms with Gasteiger partial charge in [0.15, 0.2) is 0 Å². The van der Waals surface area contributed by atoms with E-state index in [4.69, 9.17) is 34.3 Å². The predicted octanol–water partition coefficient (Wildman–Crippen LogP) is 2.43. The van der Waals surface area contributed by atoms with E-state index in [1.807, 2.05) is 12.2 Å². The third-order valence-corrected chi connectivity index (χ3v) is 14.9. The number of fused-ring (bicyclic) bond motifs is 14. The van der Waals surface area contributed by atoms with Gasteiger partial charge in [-0.2, -0.15) is 0 Å². The van der Waals surface area contributed by atoms with E-state index in [1.54, 1.807) is 48.5 Å². The van der Waals surface area contributed by atoms with Crippen LogP contribution in [0.15, 0.2) is 12.2 Å². The smallest absolute Gasteiger partial charge is 0.855 e. The Balaban J connectivity index is 0.000000438. The van der Waals surface area contributed by atoms with E-state index >= 15 is 0 Å². The molecule has 0 amide bonds. The van der Waals surface area contributed by atoms with Crippen molar-refractivity contribution in [3.05, 3.63) is 12.2 Å². The second-order valence-corrected chi connectivity index (χ2v) is 18.6. The van der Waals surface area contributed by atoms with Crippen molar-refractivity contribution in [1.82, 2.24) is 0 Å². The van der Waals surface area contributed by atoms with Crippen molar-refractivity contribution in [3.8, 4) is 0 Å². The second-order valence-electron chi connectivity index (χ2n) is 18.6. The summed E-state index contributed by atoms with van der Waals surface area (Å²) in [5, 5.41) is 24.1. The molecule has 9 fully saturated rings. The van der Waals surface area contributed by atoms with Gasteiger partial charge < -0.3 is 43.7 Å². The van der Waals surface area contributed by atoms with Crippen LogP contribution in [-0.4, -0.2) is 104 Å². The van der Waals surface area contributed by atoms with Crippen LogP contribution in [0, 0.1) is 94.7 Å². The third kappa shape index (κ3) is 14.9. The van der Waals surface area contributed by atoms with Gasteiger partial charge in [-0.25, -0.2) is 0 Å². The molecule has 10 aliphatic rings. The van der Waals surface area contributed by atoms with Crippen LogP contribution in [-0.2, 0) is 66.8 Å². The summed E-state index contributed by atoms with van der Waals surface area (Å²) in [7, 11) is 0. The maximum absolute atomic E-state index is 11.9. The standard InChI is InChI=1S/2C13H20O4.C9H10O3.C9H8O3.2C2H6O.C2H5O.2CH4.Na/c2*1-3-16-12(14)10-8-5-6-9(7-8)11(10)13(15)17-4-2;2*10-8-6-4-1-2-5(3-4)7(6)9(11)12-8;3*1-2-3;;;/h2*8-11H,3-7H2,1-2H3;4-7H,1-3H2;1-2,4-7H,3H2;2*3H,2H2,1H3;2H2,1H3;2*1H4;/q;;;;;;-1;;;+1/t8?,9?,10-,11+;8?,9?,10-,11-;2*4?,5?,6-,7+;;;;;;/m.1......../s1. The number of esters is 8. The van der Waals surface area contributed by atoms with Crippen molar-refractivity contribution in [2.45, 2.75) is 128 Å². The first kappa shape index (κ1) is 64.8. The van der Waals surface area contributed by atoms with Gasteiger partial charge in [-0.1, -0.05) is 33.9 Å². The topological polar surface area (TPSA) is 255 Å². The summed E-state index contributed by atoms with van der Waals surface area (Å²) in [4.78, 5) is 92.5. The van der Waals surface area contributed by atoms with Crippen LogP contribution in [0.1, 0.15) is 128 Å². The molecule has 0 aromatic carbocycles. The van der Waals surface area contributed by atoms with Crippen LogP contribution in [0.3, 0.4) is 0 Å². The Hall–Kier alpha value is -3.22. The Labute approximate surface area is 437 Å². The molecular weight excluding hydrogens is 920 g/mol. The first-order valence-corrected chi connectivity index (χ1v) is 24.8. The minimum absolute atomic E-state index is 0. The molecule has 16 atom stereocenters. The molecule has 10 rings (SSSR count). The predicted molar refractivity (Wildman–Crippen MR) is 249 cm³/mol. The number of allylic oxidation sites excluding steroid dienone is 2. The molecule has 394 valence electrons. The number of carbonyl (C=O) groups is 8. The molecule has 0 radical (unpaired) electrons. The summed E-state index contributed by atoms with van der Waals surface area (Å²) in [5.74, 6) is -0.614. The van der Waals surface area contributed by atoms with Crippen LogP contribution in [0.2, 0.25) is 0 Å². The van der Waals surface area contributed by atoms with Crippen LogP contribution in [0.5, 0.6) is 0 Å². The van der Waals surface area contributed by atoms with Crippen molar-refractivity contribution in [1.29, 1.82) is 0 Å². The van der Waals surface area contributed by atoms with Crippen molar-refractivity contribution in [2.75, 3.05) is 46.2 Å². The molecule has 8 bridgehead atoms. The van der Waals surface area contributed by atoms with Crippen molar-refractivity contribution >= 4 is 47.8 Å².